The second-order valence-corrected chi connectivity index (χ2v) is 3.34. The Morgan fingerprint density at radius 3 is 2.33 bits per heavy atom. The van der Waals surface area contributed by atoms with Crippen molar-refractivity contribution in [2.24, 2.45) is 0 Å². The average molecular weight is 202 g/mol. The highest BCUT2D eigenvalue weighted by molar-refractivity contribution is 6.59. The van der Waals surface area contributed by atoms with Gasteiger partial charge >= 0.3 is 7.12 Å². The summed E-state index contributed by atoms with van der Waals surface area (Å²) in [6, 6.07) is 5.50. The number of benzene rings is 1. The van der Waals surface area contributed by atoms with E-state index in [9.17, 15) is 10.0 Å². The zero-order valence-electron chi connectivity index (χ0n) is 8.69. The van der Waals surface area contributed by atoms with Gasteiger partial charge in [0.15, 0.2) is 0 Å². The van der Waals surface area contributed by atoms with Gasteiger partial charge < -0.3 is 10.0 Å². The molecule has 0 heterocycles. The van der Waals surface area contributed by atoms with Gasteiger partial charge in [0, 0.05) is 0 Å². The molecule has 0 unspecified atom stereocenters. The van der Waals surface area contributed by atoms with Gasteiger partial charge in [0.1, 0.15) is 0 Å². The minimum absolute atomic E-state index is 0.550. The van der Waals surface area contributed by atoms with Crippen molar-refractivity contribution in [3.8, 4) is 0 Å². The standard InChI is InChI=1S/C12H15BO2/c1-3-6-10-8-5-9-12(13(14)15)11(10)7-4-2/h3-5,8-9,14-15H,1-2,6-7H2. The molecule has 0 bridgehead atoms. The van der Waals surface area contributed by atoms with Crippen molar-refractivity contribution in [1.82, 2.24) is 0 Å². The minimum atomic E-state index is -1.43. The lowest BCUT2D eigenvalue weighted by Crippen LogP contribution is -2.33. The molecule has 1 aromatic rings. The second-order valence-electron chi connectivity index (χ2n) is 3.34. The molecule has 0 saturated carbocycles. The molecule has 2 nitrogen and oxygen atoms in total. The summed E-state index contributed by atoms with van der Waals surface area (Å²) in [5.74, 6) is 0. The van der Waals surface area contributed by atoms with Crippen LogP contribution in [-0.4, -0.2) is 17.2 Å². The summed E-state index contributed by atoms with van der Waals surface area (Å²) < 4.78 is 0. The summed E-state index contributed by atoms with van der Waals surface area (Å²) in [4.78, 5) is 0. The third kappa shape index (κ3) is 2.81. The maximum atomic E-state index is 9.22. The van der Waals surface area contributed by atoms with Crippen molar-refractivity contribution in [1.29, 1.82) is 0 Å². The van der Waals surface area contributed by atoms with Crippen LogP contribution in [0, 0.1) is 0 Å². The van der Waals surface area contributed by atoms with Crippen molar-refractivity contribution in [2.45, 2.75) is 12.8 Å². The Balaban J connectivity index is 3.20. The predicted octanol–water partition coefficient (Wildman–Crippen LogP) is 0.823. The van der Waals surface area contributed by atoms with Crippen LogP contribution in [0.1, 0.15) is 11.1 Å². The Hall–Kier alpha value is -1.32. The third-order valence-corrected chi connectivity index (χ3v) is 2.30. The van der Waals surface area contributed by atoms with E-state index in [1.165, 1.54) is 0 Å². The third-order valence-electron chi connectivity index (χ3n) is 2.30. The van der Waals surface area contributed by atoms with Gasteiger partial charge in [-0.1, -0.05) is 30.4 Å². The number of hydrogen-bond donors (Lipinski definition) is 2. The summed E-state index contributed by atoms with van der Waals surface area (Å²) in [5.41, 5.74) is 2.55. The Labute approximate surface area is 90.7 Å². The Morgan fingerprint density at radius 2 is 1.80 bits per heavy atom. The van der Waals surface area contributed by atoms with Crippen LogP contribution in [-0.2, 0) is 12.8 Å². The molecule has 0 aromatic heterocycles. The predicted molar refractivity (Wildman–Crippen MR) is 64.1 cm³/mol. The van der Waals surface area contributed by atoms with E-state index in [-0.39, 0.29) is 0 Å². The highest BCUT2D eigenvalue weighted by atomic mass is 16.4. The highest BCUT2D eigenvalue weighted by Crippen LogP contribution is 2.10. The lowest BCUT2D eigenvalue weighted by molar-refractivity contribution is 0.425. The molecule has 0 aliphatic rings. The zero-order valence-corrected chi connectivity index (χ0v) is 8.69. The molecule has 0 radical (unpaired) electrons. The lowest BCUT2D eigenvalue weighted by Gasteiger charge is -2.11. The van der Waals surface area contributed by atoms with Crippen LogP contribution < -0.4 is 5.46 Å². The van der Waals surface area contributed by atoms with Gasteiger partial charge in [0.2, 0.25) is 0 Å². The second kappa shape index (κ2) is 5.54. The van der Waals surface area contributed by atoms with E-state index in [4.69, 9.17) is 0 Å². The fourth-order valence-electron chi connectivity index (χ4n) is 1.64. The molecular weight excluding hydrogens is 187 g/mol. The van der Waals surface area contributed by atoms with Crippen molar-refractivity contribution in [3.05, 3.63) is 54.6 Å². The summed E-state index contributed by atoms with van der Waals surface area (Å²) in [7, 11) is -1.43. The van der Waals surface area contributed by atoms with Gasteiger partial charge in [0.25, 0.3) is 0 Å². The van der Waals surface area contributed by atoms with E-state index in [0.29, 0.717) is 11.9 Å². The largest absolute Gasteiger partial charge is 0.488 e. The molecule has 78 valence electrons. The van der Waals surface area contributed by atoms with Crippen LogP contribution in [0.25, 0.3) is 0 Å². The minimum Gasteiger partial charge on any atom is -0.423 e. The first-order chi connectivity index (χ1) is 7.20. The summed E-state index contributed by atoms with van der Waals surface area (Å²) in [6.45, 7) is 7.35. The van der Waals surface area contributed by atoms with Gasteiger partial charge in [-0.25, -0.2) is 0 Å². The molecule has 0 aliphatic heterocycles. The first-order valence-electron chi connectivity index (χ1n) is 4.89. The highest BCUT2D eigenvalue weighted by Gasteiger charge is 2.16. The molecule has 0 saturated heterocycles. The van der Waals surface area contributed by atoms with Gasteiger partial charge in [0.05, 0.1) is 0 Å². The Morgan fingerprint density at radius 1 is 1.13 bits per heavy atom. The quantitative estimate of drug-likeness (QED) is 0.548. The van der Waals surface area contributed by atoms with Gasteiger partial charge in [-0.2, -0.15) is 0 Å². The molecule has 2 N–H and O–H groups in total. The SMILES string of the molecule is C=CCc1cccc(B(O)O)c1CC=C. The number of rotatable bonds is 5. The van der Waals surface area contributed by atoms with E-state index in [0.717, 1.165) is 17.5 Å². The fraction of sp³-hybridized carbons (Fsp3) is 0.167. The molecular formula is C12H15BO2. The maximum Gasteiger partial charge on any atom is 0.488 e. The van der Waals surface area contributed by atoms with E-state index < -0.39 is 7.12 Å². The molecule has 0 fully saturated rings. The number of hydrogen-bond acceptors (Lipinski definition) is 2. The van der Waals surface area contributed by atoms with Crippen LogP contribution in [0.5, 0.6) is 0 Å². The van der Waals surface area contributed by atoms with Crippen LogP contribution >= 0.6 is 0 Å². The van der Waals surface area contributed by atoms with Crippen LogP contribution in [0.2, 0.25) is 0 Å². The molecule has 0 spiro atoms. The molecule has 0 amide bonds. The molecule has 0 aliphatic carbocycles. The molecule has 1 rings (SSSR count). The van der Waals surface area contributed by atoms with Gasteiger partial charge in [-0.15, -0.1) is 13.2 Å². The van der Waals surface area contributed by atoms with Crippen LogP contribution in [0.3, 0.4) is 0 Å². The zero-order chi connectivity index (χ0) is 11.3. The van der Waals surface area contributed by atoms with Crippen LogP contribution in [0.15, 0.2) is 43.5 Å². The maximum absolute atomic E-state index is 9.22. The first-order valence-corrected chi connectivity index (χ1v) is 4.89. The van der Waals surface area contributed by atoms with Crippen LogP contribution in [0.4, 0.5) is 0 Å². The Bertz CT molecular complexity index is 359. The van der Waals surface area contributed by atoms with Crippen molar-refractivity contribution >= 4 is 12.6 Å². The fourth-order valence-corrected chi connectivity index (χ4v) is 1.64. The van der Waals surface area contributed by atoms with E-state index in [1.54, 1.807) is 18.2 Å². The first kappa shape index (κ1) is 11.8. The van der Waals surface area contributed by atoms with Gasteiger partial charge in [-0.3, -0.25) is 0 Å². The Kier molecular flexibility index (Phi) is 4.34. The van der Waals surface area contributed by atoms with Crippen molar-refractivity contribution in [3.63, 3.8) is 0 Å². The normalized spacial score (nSPS) is 9.73. The lowest BCUT2D eigenvalue weighted by atomic mass is 9.74. The van der Waals surface area contributed by atoms with E-state index in [1.807, 2.05) is 12.1 Å². The number of allylic oxidation sites excluding steroid dienone is 2. The summed E-state index contributed by atoms with van der Waals surface area (Å²) in [5, 5.41) is 18.4. The summed E-state index contributed by atoms with van der Waals surface area (Å²) >= 11 is 0. The average Bonchev–Trinajstić information content (AvgIpc) is 2.21. The molecule has 1 aromatic carbocycles. The van der Waals surface area contributed by atoms with Gasteiger partial charge in [-0.05, 0) is 29.4 Å². The molecule has 3 heteroatoms. The molecule has 0 atom stereocenters. The smallest absolute Gasteiger partial charge is 0.423 e. The summed E-state index contributed by atoms with van der Waals surface area (Å²) in [6.07, 6.45) is 4.92. The van der Waals surface area contributed by atoms with E-state index in [2.05, 4.69) is 13.2 Å². The topological polar surface area (TPSA) is 40.5 Å². The van der Waals surface area contributed by atoms with E-state index >= 15 is 0 Å². The van der Waals surface area contributed by atoms with Crippen molar-refractivity contribution < 1.29 is 10.0 Å². The molecule has 15 heavy (non-hydrogen) atoms. The monoisotopic (exact) mass is 202 g/mol. The van der Waals surface area contributed by atoms with Crippen molar-refractivity contribution in [2.75, 3.05) is 0 Å².